The van der Waals surface area contributed by atoms with E-state index in [4.69, 9.17) is 5.73 Å². The van der Waals surface area contributed by atoms with Gasteiger partial charge >= 0.3 is 0 Å². The molecule has 1 heterocycles. The molecule has 0 spiro atoms. The minimum absolute atomic E-state index is 0.000509. The fraction of sp³-hybridized carbons (Fsp3) is 0.333. The van der Waals surface area contributed by atoms with E-state index in [9.17, 15) is 0 Å². The molecule has 17 heavy (non-hydrogen) atoms. The molecule has 1 nitrogen and oxygen atoms in total. The number of thiophene rings is 1. The minimum atomic E-state index is 0.000509. The van der Waals surface area contributed by atoms with Crippen LogP contribution in [0.15, 0.2) is 23.6 Å². The Labute approximate surface area is 107 Å². The van der Waals surface area contributed by atoms with E-state index >= 15 is 0 Å². The molecule has 1 unspecified atom stereocenters. The van der Waals surface area contributed by atoms with Gasteiger partial charge in [-0.05, 0) is 61.4 Å². The molecule has 0 saturated carbocycles. The van der Waals surface area contributed by atoms with Gasteiger partial charge in [0, 0.05) is 4.88 Å². The molecule has 0 bridgehead atoms. The molecular weight excluding hydrogens is 226 g/mol. The zero-order chi connectivity index (χ0) is 12.6. The molecule has 2 rings (SSSR count). The van der Waals surface area contributed by atoms with Crippen molar-refractivity contribution in [3.05, 3.63) is 56.3 Å². The van der Waals surface area contributed by atoms with Crippen LogP contribution in [0.5, 0.6) is 0 Å². The van der Waals surface area contributed by atoms with Crippen molar-refractivity contribution >= 4 is 11.3 Å². The van der Waals surface area contributed by atoms with Gasteiger partial charge in [0.2, 0.25) is 0 Å². The van der Waals surface area contributed by atoms with Crippen molar-refractivity contribution in [3.63, 3.8) is 0 Å². The maximum atomic E-state index is 6.39. The number of rotatable bonds is 2. The molecule has 2 heteroatoms. The molecule has 1 atom stereocenters. The quantitative estimate of drug-likeness (QED) is 0.849. The predicted octanol–water partition coefficient (Wildman–Crippen LogP) is 4.03. The first-order valence-electron chi connectivity index (χ1n) is 5.87. The summed E-state index contributed by atoms with van der Waals surface area (Å²) in [4.78, 5) is 1.32. The van der Waals surface area contributed by atoms with Crippen molar-refractivity contribution < 1.29 is 0 Å². The molecule has 0 saturated heterocycles. The van der Waals surface area contributed by atoms with Gasteiger partial charge in [-0.3, -0.25) is 0 Å². The van der Waals surface area contributed by atoms with Gasteiger partial charge in [-0.2, -0.15) is 0 Å². The normalized spacial score (nSPS) is 12.8. The average molecular weight is 245 g/mol. The molecular formula is C15H19NS. The average Bonchev–Trinajstić information content (AvgIpc) is 2.63. The Morgan fingerprint density at radius 3 is 2.06 bits per heavy atom. The summed E-state index contributed by atoms with van der Waals surface area (Å²) in [6.07, 6.45) is 0. The van der Waals surface area contributed by atoms with Gasteiger partial charge in [-0.25, -0.2) is 0 Å². The van der Waals surface area contributed by atoms with Crippen molar-refractivity contribution in [2.45, 2.75) is 33.7 Å². The Kier molecular flexibility index (Phi) is 3.36. The monoisotopic (exact) mass is 245 g/mol. The Bertz CT molecular complexity index is 517. The molecule has 90 valence electrons. The molecule has 0 aliphatic heterocycles. The van der Waals surface area contributed by atoms with E-state index in [-0.39, 0.29) is 6.04 Å². The third kappa shape index (κ3) is 2.43. The smallest absolute Gasteiger partial charge is 0.0565 e. The minimum Gasteiger partial charge on any atom is -0.320 e. The van der Waals surface area contributed by atoms with Gasteiger partial charge in [0.25, 0.3) is 0 Å². The molecule has 2 aromatic rings. The number of aryl methyl sites for hydroxylation is 4. The Hall–Kier alpha value is -1.12. The first-order chi connectivity index (χ1) is 7.99. The zero-order valence-electron chi connectivity index (χ0n) is 10.9. The standard InChI is InChI=1S/C15H19NS/c1-9-5-10(2)14(11(3)6-9)15(16)13-7-12(4)17-8-13/h5-8,15H,16H2,1-4H3. The summed E-state index contributed by atoms with van der Waals surface area (Å²) < 4.78 is 0. The van der Waals surface area contributed by atoms with Gasteiger partial charge in [0.1, 0.15) is 0 Å². The Morgan fingerprint density at radius 1 is 1.00 bits per heavy atom. The summed E-state index contributed by atoms with van der Waals surface area (Å²) in [7, 11) is 0. The van der Waals surface area contributed by atoms with Crippen molar-refractivity contribution in [2.24, 2.45) is 5.73 Å². The van der Waals surface area contributed by atoms with Crippen LogP contribution in [-0.2, 0) is 0 Å². The van der Waals surface area contributed by atoms with Gasteiger partial charge in [0.15, 0.2) is 0 Å². The van der Waals surface area contributed by atoms with Crippen LogP contribution in [0.4, 0.5) is 0 Å². The topological polar surface area (TPSA) is 26.0 Å². The SMILES string of the molecule is Cc1cc(C)c(C(N)c2csc(C)c2)c(C)c1. The van der Waals surface area contributed by atoms with E-state index in [0.29, 0.717) is 0 Å². The maximum Gasteiger partial charge on any atom is 0.0565 e. The van der Waals surface area contributed by atoms with Gasteiger partial charge in [-0.1, -0.05) is 17.7 Å². The summed E-state index contributed by atoms with van der Waals surface area (Å²) >= 11 is 1.76. The van der Waals surface area contributed by atoms with Crippen LogP contribution in [0.2, 0.25) is 0 Å². The van der Waals surface area contributed by atoms with Gasteiger partial charge in [-0.15, -0.1) is 11.3 Å². The predicted molar refractivity (Wildman–Crippen MR) is 75.7 cm³/mol. The number of nitrogens with two attached hydrogens (primary N) is 1. The highest BCUT2D eigenvalue weighted by molar-refractivity contribution is 7.10. The lowest BCUT2D eigenvalue weighted by molar-refractivity contribution is 0.854. The summed E-state index contributed by atoms with van der Waals surface area (Å²) in [5.41, 5.74) is 12.8. The van der Waals surface area contributed by atoms with Crippen LogP contribution in [-0.4, -0.2) is 0 Å². The largest absolute Gasteiger partial charge is 0.320 e. The fourth-order valence-electron chi connectivity index (χ4n) is 2.48. The second-order valence-corrected chi connectivity index (χ2v) is 5.90. The number of hydrogen-bond donors (Lipinski definition) is 1. The highest BCUT2D eigenvalue weighted by Gasteiger charge is 2.15. The van der Waals surface area contributed by atoms with Crippen molar-refractivity contribution in [1.29, 1.82) is 0 Å². The van der Waals surface area contributed by atoms with E-state index in [1.165, 1.54) is 32.7 Å². The van der Waals surface area contributed by atoms with Crippen LogP contribution in [0, 0.1) is 27.7 Å². The lowest BCUT2D eigenvalue weighted by Gasteiger charge is -2.17. The summed E-state index contributed by atoms with van der Waals surface area (Å²) in [5.74, 6) is 0. The van der Waals surface area contributed by atoms with Crippen LogP contribution in [0.25, 0.3) is 0 Å². The van der Waals surface area contributed by atoms with Crippen LogP contribution in [0.1, 0.15) is 38.7 Å². The Balaban J connectivity index is 2.47. The second kappa shape index (κ2) is 4.63. The van der Waals surface area contributed by atoms with E-state index in [1.54, 1.807) is 11.3 Å². The second-order valence-electron chi connectivity index (χ2n) is 4.78. The molecule has 0 radical (unpaired) electrons. The summed E-state index contributed by atoms with van der Waals surface area (Å²) in [6.45, 7) is 8.54. The first-order valence-corrected chi connectivity index (χ1v) is 6.75. The Morgan fingerprint density at radius 2 is 1.59 bits per heavy atom. The van der Waals surface area contributed by atoms with E-state index in [0.717, 1.165) is 0 Å². The summed E-state index contributed by atoms with van der Waals surface area (Å²) in [6, 6.07) is 6.61. The highest BCUT2D eigenvalue weighted by atomic mass is 32.1. The summed E-state index contributed by atoms with van der Waals surface area (Å²) in [5, 5.41) is 2.17. The lowest BCUT2D eigenvalue weighted by atomic mass is 9.91. The third-order valence-electron chi connectivity index (χ3n) is 3.16. The van der Waals surface area contributed by atoms with Crippen LogP contribution in [0.3, 0.4) is 0 Å². The molecule has 1 aromatic carbocycles. The van der Waals surface area contributed by atoms with Gasteiger partial charge < -0.3 is 5.73 Å². The van der Waals surface area contributed by atoms with Crippen molar-refractivity contribution in [3.8, 4) is 0 Å². The van der Waals surface area contributed by atoms with E-state index in [2.05, 4.69) is 51.3 Å². The van der Waals surface area contributed by atoms with E-state index in [1.807, 2.05) is 0 Å². The van der Waals surface area contributed by atoms with Gasteiger partial charge in [0.05, 0.1) is 6.04 Å². The molecule has 2 N–H and O–H groups in total. The first kappa shape index (κ1) is 12.3. The number of hydrogen-bond acceptors (Lipinski definition) is 2. The van der Waals surface area contributed by atoms with Crippen LogP contribution >= 0.6 is 11.3 Å². The molecule has 0 amide bonds. The fourth-order valence-corrected chi connectivity index (χ4v) is 3.22. The molecule has 0 aliphatic rings. The third-order valence-corrected chi connectivity index (χ3v) is 4.04. The zero-order valence-corrected chi connectivity index (χ0v) is 11.7. The van der Waals surface area contributed by atoms with Crippen molar-refractivity contribution in [1.82, 2.24) is 0 Å². The number of benzene rings is 1. The maximum absolute atomic E-state index is 6.39. The van der Waals surface area contributed by atoms with Crippen molar-refractivity contribution in [2.75, 3.05) is 0 Å². The molecule has 1 aromatic heterocycles. The van der Waals surface area contributed by atoms with Crippen LogP contribution < -0.4 is 5.73 Å². The highest BCUT2D eigenvalue weighted by Crippen LogP contribution is 2.29. The van der Waals surface area contributed by atoms with E-state index < -0.39 is 0 Å². The molecule has 0 fully saturated rings. The molecule has 0 aliphatic carbocycles. The lowest BCUT2D eigenvalue weighted by Crippen LogP contribution is -2.14.